The Bertz CT molecular complexity index is 638. The third-order valence-corrected chi connectivity index (χ3v) is 4.09. The van der Waals surface area contributed by atoms with Crippen molar-refractivity contribution in [3.8, 4) is 0 Å². The fourth-order valence-electron chi connectivity index (χ4n) is 3.01. The average molecular weight is 368 g/mol. The van der Waals surface area contributed by atoms with Gasteiger partial charge in [-0.3, -0.25) is 0 Å². The van der Waals surface area contributed by atoms with Gasteiger partial charge >= 0.3 is 0 Å². The van der Waals surface area contributed by atoms with Crippen LogP contribution in [0.25, 0.3) is 11.0 Å². The summed E-state index contributed by atoms with van der Waals surface area (Å²) in [6.45, 7) is 1.54. The first-order valence-corrected chi connectivity index (χ1v) is 7.36. The lowest BCUT2D eigenvalue weighted by atomic mass is 9.97. The Kier molecular flexibility index (Phi) is 7.67. The first-order chi connectivity index (χ1) is 10.1. The molecule has 3 rings (SSSR count). The predicted molar refractivity (Wildman–Crippen MR) is 90.4 cm³/mol. The molecule has 1 aliphatic rings. The van der Waals surface area contributed by atoms with Gasteiger partial charge in [-0.2, -0.15) is 0 Å². The number of imidazole rings is 1. The summed E-state index contributed by atoms with van der Waals surface area (Å²) in [6, 6.07) is 2.23. The molecule has 0 unspecified atom stereocenters. The van der Waals surface area contributed by atoms with E-state index in [0.717, 1.165) is 38.3 Å². The van der Waals surface area contributed by atoms with Crippen molar-refractivity contribution >= 4 is 35.8 Å². The van der Waals surface area contributed by atoms with Gasteiger partial charge in [0, 0.05) is 24.7 Å². The Morgan fingerprint density at radius 1 is 1.30 bits per heavy atom. The lowest BCUT2D eigenvalue weighted by Crippen LogP contribution is -2.44. The highest BCUT2D eigenvalue weighted by Gasteiger charge is 2.21. The number of aryl methyl sites for hydroxylation is 1. The minimum Gasteiger partial charge on any atom is -0.392 e. The lowest BCUT2D eigenvalue weighted by Gasteiger charge is -2.29. The molecule has 2 aromatic rings. The van der Waals surface area contributed by atoms with Gasteiger partial charge in [-0.25, -0.2) is 13.8 Å². The fourth-order valence-corrected chi connectivity index (χ4v) is 3.01. The van der Waals surface area contributed by atoms with Gasteiger partial charge in [-0.1, -0.05) is 0 Å². The first-order valence-electron chi connectivity index (χ1n) is 7.36. The maximum atomic E-state index is 13.8. The van der Waals surface area contributed by atoms with Crippen LogP contribution in [0.15, 0.2) is 18.5 Å². The van der Waals surface area contributed by atoms with Gasteiger partial charge < -0.3 is 15.0 Å². The van der Waals surface area contributed by atoms with Crippen LogP contribution in [0.1, 0.15) is 25.7 Å². The Morgan fingerprint density at radius 2 is 2.09 bits per heavy atom. The van der Waals surface area contributed by atoms with E-state index in [0.29, 0.717) is 17.6 Å². The summed E-state index contributed by atoms with van der Waals surface area (Å²) in [5.41, 5.74) is 0.678. The Labute approximate surface area is 146 Å². The highest BCUT2D eigenvalue weighted by Crippen LogP contribution is 2.20. The third-order valence-electron chi connectivity index (χ3n) is 4.09. The summed E-state index contributed by atoms with van der Waals surface area (Å²) in [5, 5.41) is 13.2. The van der Waals surface area contributed by atoms with E-state index in [1.165, 1.54) is 12.4 Å². The van der Waals surface area contributed by atoms with E-state index in [1.807, 2.05) is 0 Å². The molecule has 0 radical (unpaired) electrons. The van der Waals surface area contributed by atoms with Gasteiger partial charge in [0.15, 0.2) is 5.82 Å². The molecule has 1 aromatic heterocycles. The number of rotatable bonds is 4. The van der Waals surface area contributed by atoms with Crippen molar-refractivity contribution < 1.29 is 13.9 Å². The number of hydrogen-bond acceptors (Lipinski definition) is 3. The molecule has 2 atom stereocenters. The quantitative estimate of drug-likeness (QED) is 0.872. The summed E-state index contributed by atoms with van der Waals surface area (Å²) in [6.07, 6.45) is 4.70. The van der Waals surface area contributed by atoms with Crippen LogP contribution < -0.4 is 5.32 Å². The van der Waals surface area contributed by atoms with Crippen LogP contribution in [0.4, 0.5) is 8.78 Å². The summed E-state index contributed by atoms with van der Waals surface area (Å²) in [4.78, 5) is 4.04. The molecule has 0 aliphatic carbocycles. The highest BCUT2D eigenvalue weighted by atomic mass is 35.5. The molecular weight excluding hydrogens is 347 g/mol. The zero-order valence-electron chi connectivity index (χ0n) is 12.5. The van der Waals surface area contributed by atoms with Crippen molar-refractivity contribution in [2.24, 2.45) is 0 Å². The van der Waals surface area contributed by atoms with E-state index in [9.17, 15) is 13.9 Å². The molecule has 0 bridgehead atoms. The van der Waals surface area contributed by atoms with Crippen LogP contribution in [0.2, 0.25) is 0 Å². The number of benzene rings is 1. The van der Waals surface area contributed by atoms with E-state index in [4.69, 9.17) is 0 Å². The van der Waals surface area contributed by atoms with Gasteiger partial charge in [0.1, 0.15) is 11.3 Å². The monoisotopic (exact) mass is 367 g/mol. The van der Waals surface area contributed by atoms with E-state index >= 15 is 0 Å². The number of halogens is 4. The Morgan fingerprint density at radius 3 is 2.83 bits per heavy atom. The molecule has 130 valence electrons. The molecule has 2 N–H and O–H groups in total. The van der Waals surface area contributed by atoms with E-state index in [-0.39, 0.29) is 37.0 Å². The van der Waals surface area contributed by atoms with Crippen LogP contribution >= 0.6 is 24.8 Å². The van der Waals surface area contributed by atoms with E-state index in [2.05, 4.69) is 10.3 Å². The van der Waals surface area contributed by atoms with Gasteiger partial charge in [0.05, 0.1) is 17.9 Å². The summed E-state index contributed by atoms with van der Waals surface area (Å²) < 4.78 is 28.7. The van der Waals surface area contributed by atoms with Crippen molar-refractivity contribution in [1.29, 1.82) is 0 Å². The molecule has 0 saturated carbocycles. The maximum absolute atomic E-state index is 13.8. The SMILES string of the molecule is Cl.Cl.O[C@H]1CCCN[C@@H]1CCCn1cnc2cc(F)cc(F)c21. The standard InChI is InChI=1S/C15H19F2N3O.2ClH/c16-10-7-11(17)15-13(8-10)19-9-20(15)6-2-3-12-14(21)4-1-5-18-12;;/h7-9,12,14,18,21H,1-6H2;2*1H/t12-,14+;;/m1../s1. The van der Waals surface area contributed by atoms with E-state index in [1.54, 1.807) is 4.57 Å². The molecule has 1 fully saturated rings. The summed E-state index contributed by atoms with van der Waals surface area (Å²) in [5.74, 6) is -1.20. The number of hydrogen-bond donors (Lipinski definition) is 2. The number of aliphatic hydroxyl groups is 1. The fraction of sp³-hybridized carbons (Fsp3) is 0.533. The second kappa shape index (κ2) is 8.78. The number of piperidine rings is 1. The number of aliphatic hydroxyl groups excluding tert-OH is 1. The molecule has 0 amide bonds. The largest absolute Gasteiger partial charge is 0.392 e. The van der Waals surface area contributed by atoms with Crippen LogP contribution in [0.5, 0.6) is 0 Å². The van der Waals surface area contributed by atoms with Crippen LogP contribution in [0.3, 0.4) is 0 Å². The first kappa shape index (κ1) is 20.1. The number of nitrogens with one attached hydrogen (secondary N) is 1. The minimum atomic E-state index is -0.611. The molecule has 4 nitrogen and oxygen atoms in total. The molecule has 8 heteroatoms. The van der Waals surface area contributed by atoms with Crippen LogP contribution in [-0.4, -0.2) is 33.3 Å². The predicted octanol–water partition coefficient (Wildman–Crippen LogP) is 3.05. The van der Waals surface area contributed by atoms with Gasteiger partial charge in [-0.05, 0) is 32.2 Å². The molecular formula is C15H21Cl2F2N3O. The maximum Gasteiger partial charge on any atom is 0.152 e. The number of aromatic nitrogens is 2. The second-order valence-corrected chi connectivity index (χ2v) is 5.61. The molecule has 23 heavy (non-hydrogen) atoms. The highest BCUT2D eigenvalue weighted by molar-refractivity contribution is 5.85. The zero-order chi connectivity index (χ0) is 14.8. The van der Waals surface area contributed by atoms with Crippen molar-refractivity contribution in [2.75, 3.05) is 6.54 Å². The van der Waals surface area contributed by atoms with Gasteiger partial charge in [0.2, 0.25) is 0 Å². The molecule has 1 aromatic carbocycles. The van der Waals surface area contributed by atoms with Gasteiger partial charge in [-0.15, -0.1) is 24.8 Å². The van der Waals surface area contributed by atoms with Crippen LogP contribution in [0, 0.1) is 11.6 Å². The third kappa shape index (κ3) is 4.53. The average Bonchev–Trinajstić information content (AvgIpc) is 2.84. The van der Waals surface area contributed by atoms with Crippen molar-refractivity contribution in [3.05, 3.63) is 30.1 Å². The smallest absolute Gasteiger partial charge is 0.152 e. The lowest BCUT2D eigenvalue weighted by molar-refractivity contribution is 0.0909. The zero-order valence-corrected chi connectivity index (χ0v) is 14.2. The second-order valence-electron chi connectivity index (χ2n) is 5.61. The summed E-state index contributed by atoms with van der Waals surface area (Å²) >= 11 is 0. The number of nitrogens with zero attached hydrogens (tertiary/aromatic N) is 2. The topological polar surface area (TPSA) is 50.1 Å². The summed E-state index contributed by atoms with van der Waals surface area (Å²) in [7, 11) is 0. The van der Waals surface area contributed by atoms with Gasteiger partial charge in [0.25, 0.3) is 0 Å². The molecule has 1 saturated heterocycles. The minimum absolute atomic E-state index is 0. The Hall–Kier alpha value is -0.950. The number of fused-ring (bicyclic) bond motifs is 1. The normalized spacial score (nSPS) is 20.8. The molecule has 0 spiro atoms. The van der Waals surface area contributed by atoms with E-state index < -0.39 is 11.6 Å². The van der Waals surface area contributed by atoms with Crippen molar-refractivity contribution in [2.45, 2.75) is 44.4 Å². The van der Waals surface area contributed by atoms with Crippen LogP contribution in [-0.2, 0) is 6.54 Å². The molecule has 1 aliphatic heterocycles. The van der Waals surface area contributed by atoms with Crippen molar-refractivity contribution in [3.63, 3.8) is 0 Å². The van der Waals surface area contributed by atoms with Crippen molar-refractivity contribution in [1.82, 2.24) is 14.9 Å². The molecule has 2 heterocycles. The Balaban J connectivity index is 0.00000132.